The van der Waals surface area contributed by atoms with E-state index in [0.717, 1.165) is 9.80 Å². The summed E-state index contributed by atoms with van der Waals surface area (Å²) >= 11 is 6.13. The second kappa shape index (κ2) is 5.79. The molecule has 2 saturated heterocycles. The van der Waals surface area contributed by atoms with Crippen molar-refractivity contribution < 1.29 is 19.2 Å². The molecular weight excluding hydrogens is 336 g/mol. The molecule has 1 atom stereocenters. The Morgan fingerprint density at radius 3 is 2.58 bits per heavy atom. The van der Waals surface area contributed by atoms with E-state index in [9.17, 15) is 19.2 Å². The van der Waals surface area contributed by atoms with Gasteiger partial charge in [-0.05, 0) is 13.0 Å². The lowest BCUT2D eigenvalue weighted by Crippen LogP contribution is -2.45. The third-order valence-corrected chi connectivity index (χ3v) is 4.47. The first-order chi connectivity index (χ1) is 11.3. The minimum atomic E-state index is -1.36. The molecule has 0 bridgehead atoms. The van der Waals surface area contributed by atoms with Crippen molar-refractivity contribution in [2.24, 2.45) is 0 Å². The molecule has 24 heavy (non-hydrogen) atoms. The molecule has 2 N–H and O–H groups in total. The number of amides is 6. The van der Waals surface area contributed by atoms with Gasteiger partial charge in [0.05, 0.1) is 0 Å². The molecule has 6 amide bonds. The Hall–Kier alpha value is -2.61. The SMILES string of the molecule is CC1(c2ccccc2Cl)NC(=O)N(CC(=O)N2CCNC2=O)C1=O. The first kappa shape index (κ1) is 16.3. The van der Waals surface area contributed by atoms with E-state index >= 15 is 0 Å². The molecule has 1 unspecified atom stereocenters. The molecular formula is C15H15ClN4O4. The van der Waals surface area contributed by atoms with Gasteiger partial charge in [0.2, 0.25) is 0 Å². The number of urea groups is 2. The summed E-state index contributed by atoms with van der Waals surface area (Å²) in [7, 11) is 0. The summed E-state index contributed by atoms with van der Waals surface area (Å²) < 4.78 is 0. The average molecular weight is 351 g/mol. The summed E-state index contributed by atoms with van der Waals surface area (Å²) in [6, 6.07) is 5.44. The van der Waals surface area contributed by atoms with E-state index in [4.69, 9.17) is 11.6 Å². The highest BCUT2D eigenvalue weighted by Crippen LogP contribution is 2.33. The predicted octanol–water partition coefficient (Wildman–Crippen LogP) is 0.659. The number of carbonyl (C=O) groups is 4. The van der Waals surface area contributed by atoms with Crippen LogP contribution in [0.1, 0.15) is 12.5 Å². The number of carbonyl (C=O) groups excluding carboxylic acids is 4. The van der Waals surface area contributed by atoms with Crippen LogP contribution in [-0.2, 0) is 15.1 Å². The van der Waals surface area contributed by atoms with Crippen LogP contribution < -0.4 is 10.6 Å². The largest absolute Gasteiger partial charge is 0.336 e. The first-order valence-corrected chi connectivity index (χ1v) is 7.69. The molecule has 0 aliphatic carbocycles. The van der Waals surface area contributed by atoms with Gasteiger partial charge in [-0.25, -0.2) is 9.59 Å². The van der Waals surface area contributed by atoms with Crippen molar-refractivity contribution in [1.82, 2.24) is 20.4 Å². The molecule has 1 aromatic carbocycles. The van der Waals surface area contributed by atoms with Crippen LogP contribution in [0.2, 0.25) is 5.02 Å². The Bertz CT molecular complexity index is 753. The van der Waals surface area contributed by atoms with E-state index < -0.39 is 36.0 Å². The molecule has 2 aliphatic heterocycles. The summed E-state index contributed by atoms with van der Waals surface area (Å²) in [5.74, 6) is -1.20. The quantitative estimate of drug-likeness (QED) is 0.782. The van der Waals surface area contributed by atoms with Gasteiger partial charge in [-0.1, -0.05) is 29.8 Å². The van der Waals surface area contributed by atoms with Crippen LogP contribution in [0.15, 0.2) is 24.3 Å². The van der Waals surface area contributed by atoms with Crippen molar-refractivity contribution in [3.63, 3.8) is 0 Å². The molecule has 9 heteroatoms. The van der Waals surface area contributed by atoms with Crippen LogP contribution in [0, 0.1) is 0 Å². The summed E-state index contributed by atoms with van der Waals surface area (Å²) in [6.07, 6.45) is 0. The summed E-state index contributed by atoms with van der Waals surface area (Å²) in [5.41, 5.74) is -0.915. The molecule has 3 rings (SSSR count). The van der Waals surface area contributed by atoms with Crippen molar-refractivity contribution in [3.05, 3.63) is 34.9 Å². The van der Waals surface area contributed by atoms with Gasteiger partial charge in [0, 0.05) is 23.7 Å². The molecule has 1 aromatic rings. The van der Waals surface area contributed by atoms with Gasteiger partial charge in [-0.15, -0.1) is 0 Å². The van der Waals surface area contributed by atoms with Crippen LogP contribution in [0.25, 0.3) is 0 Å². The van der Waals surface area contributed by atoms with Gasteiger partial charge in [0.15, 0.2) is 0 Å². The topological polar surface area (TPSA) is 98.8 Å². The Morgan fingerprint density at radius 1 is 1.25 bits per heavy atom. The van der Waals surface area contributed by atoms with E-state index in [0.29, 0.717) is 17.1 Å². The van der Waals surface area contributed by atoms with Crippen LogP contribution in [0.4, 0.5) is 9.59 Å². The fourth-order valence-electron chi connectivity index (χ4n) is 2.82. The van der Waals surface area contributed by atoms with Crippen molar-refractivity contribution in [3.8, 4) is 0 Å². The number of imide groups is 2. The minimum absolute atomic E-state index is 0.211. The lowest BCUT2D eigenvalue weighted by atomic mass is 9.92. The van der Waals surface area contributed by atoms with Crippen molar-refractivity contribution in [1.29, 1.82) is 0 Å². The minimum Gasteiger partial charge on any atom is -0.336 e. The fourth-order valence-corrected chi connectivity index (χ4v) is 3.14. The second-order valence-corrected chi connectivity index (χ2v) is 6.11. The number of rotatable bonds is 3. The van der Waals surface area contributed by atoms with Gasteiger partial charge >= 0.3 is 12.1 Å². The Kier molecular flexibility index (Phi) is 3.92. The van der Waals surface area contributed by atoms with Gasteiger partial charge in [-0.2, -0.15) is 0 Å². The highest BCUT2D eigenvalue weighted by atomic mass is 35.5. The molecule has 0 saturated carbocycles. The normalized spacial score (nSPS) is 23.5. The Morgan fingerprint density at radius 2 is 1.96 bits per heavy atom. The predicted molar refractivity (Wildman–Crippen MR) is 84.2 cm³/mol. The highest BCUT2D eigenvalue weighted by molar-refractivity contribution is 6.32. The monoisotopic (exact) mass is 350 g/mol. The molecule has 2 fully saturated rings. The second-order valence-electron chi connectivity index (χ2n) is 5.70. The first-order valence-electron chi connectivity index (χ1n) is 7.32. The maximum Gasteiger partial charge on any atom is 0.325 e. The van der Waals surface area contributed by atoms with Crippen molar-refractivity contribution in [2.75, 3.05) is 19.6 Å². The number of benzene rings is 1. The third kappa shape index (κ3) is 2.48. The lowest BCUT2D eigenvalue weighted by molar-refractivity contribution is -0.137. The lowest BCUT2D eigenvalue weighted by Gasteiger charge is -2.23. The van der Waals surface area contributed by atoms with Gasteiger partial charge in [0.25, 0.3) is 11.8 Å². The maximum atomic E-state index is 12.7. The van der Waals surface area contributed by atoms with Crippen LogP contribution in [-0.4, -0.2) is 53.3 Å². The van der Waals surface area contributed by atoms with E-state index in [1.807, 2.05) is 0 Å². The molecule has 0 spiro atoms. The summed E-state index contributed by atoms with van der Waals surface area (Å²) in [4.78, 5) is 50.4. The van der Waals surface area contributed by atoms with Crippen LogP contribution >= 0.6 is 11.6 Å². The average Bonchev–Trinajstić information content (AvgIpc) is 3.05. The number of nitrogens with zero attached hydrogens (tertiary/aromatic N) is 2. The molecule has 2 heterocycles. The van der Waals surface area contributed by atoms with Gasteiger partial charge in [-0.3, -0.25) is 19.4 Å². The van der Waals surface area contributed by atoms with E-state index in [-0.39, 0.29) is 6.54 Å². The molecule has 0 radical (unpaired) electrons. The van der Waals surface area contributed by atoms with Gasteiger partial charge in [0.1, 0.15) is 12.1 Å². The van der Waals surface area contributed by atoms with Gasteiger partial charge < -0.3 is 10.6 Å². The number of halogens is 1. The molecule has 126 valence electrons. The zero-order valence-corrected chi connectivity index (χ0v) is 13.6. The van der Waals surface area contributed by atoms with Crippen molar-refractivity contribution >= 4 is 35.5 Å². The van der Waals surface area contributed by atoms with E-state index in [1.54, 1.807) is 24.3 Å². The smallest absolute Gasteiger partial charge is 0.325 e. The number of hydrogen-bond acceptors (Lipinski definition) is 4. The molecule has 0 aromatic heterocycles. The Balaban J connectivity index is 1.83. The summed E-state index contributed by atoms with van der Waals surface area (Å²) in [5, 5.41) is 5.40. The fraction of sp³-hybridized carbons (Fsp3) is 0.333. The molecule has 2 aliphatic rings. The van der Waals surface area contributed by atoms with E-state index in [1.165, 1.54) is 6.92 Å². The highest BCUT2D eigenvalue weighted by Gasteiger charge is 2.50. The maximum absolute atomic E-state index is 12.7. The van der Waals surface area contributed by atoms with Crippen LogP contribution in [0.3, 0.4) is 0 Å². The van der Waals surface area contributed by atoms with Crippen molar-refractivity contribution in [2.45, 2.75) is 12.5 Å². The van der Waals surface area contributed by atoms with Crippen LogP contribution in [0.5, 0.6) is 0 Å². The third-order valence-electron chi connectivity index (χ3n) is 4.14. The standard InChI is InChI=1S/C15H15ClN4O4/c1-15(9-4-2-3-5-10(9)16)12(22)20(14(24)18-15)8-11(21)19-7-6-17-13(19)23/h2-5H,6-8H2,1H3,(H,17,23)(H,18,24). The molecule has 8 nitrogen and oxygen atoms in total. The zero-order valence-electron chi connectivity index (χ0n) is 12.8. The Labute approximate surface area is 142 Å². The summed E-state index contributed by atoms with van der Waals surface area (Å²) in [6.45, 7) is 1.59. The zero-order chi connectivity index (χ0) is 17.5. The number of nitrogens with one attached hydrogen (secondary N) is 2. The van der Waals surface area contributed by atoms with E-state index in [2.05, 4.69) is 10.6 Å². The number of hydrogen-bond donors (Lipinski definition) is 2.